The van der Waals surface area contributed by atoms with Crippen molar-refractivity contribution in [3.05, 3.63) is 0 Å². The van der Waals surface area contributed by atoms with Crippen LogP contribution in [0.4, 0.5) is 0 Å². The van der Waals surface area contributed by atoms with Crippen LogP contribution in [0.15, 0.2) is 0 Å². The standard InChI is InChI=1S/C6H9BrO4/c1-2-11-6(9)5(7)3-10-4-8/h4-5H,2-3H2,1H3. The largest absolute Gasteiger partial charge is 0.466 e. The molecule has 0 aliphatic heterocycles. The van der Waals surface area contributed by atoms with E-state index in [9.17, 15) is 9.59 Å². The molecule has 0 N–H and O–H groups in total. The minimum Gasteiger partial charge on any atom is -0.466 e. The molecule has 0 aromatic rings. The van der Waals surface area contributed by atoms with Gasteiger partial charge in [0, 0.05) is 0 Å². The number of esters is 1. The van der Waals surface area contributed by atoms with E-state index in [-0.39, 0.29) is 13.1 Å². The molecule has 0 aromatic heterocycles. The van der Waals surface area contributed by atoms with Gasteiger partial charge in [-0.15, -0.1) is 0 Å². The van der Waals surface area contributed by atoms with E-state index in [2.05, 4.69) is 25.4 Å². The average Bonchev–Trinajstić information content (AvgIpc) is 2.00. The van der Waals surface area contributed by atoms with E-state index in [1.54, 1.807) is 6.92 Å². The van der Waals surface area contributed by atoms with Gasteiger partial charge in [-0.25, -0.2) is 0 Å². The number of rotatable bonds is 5. The van der Waals surface area contributed by atoms with Crippen molar-refractivity contribution in [1.29, 1.82) is 0 Å². The maximum Gasteiger partial charge on any atom is 0.323 e. The molecule has 64 valence electrons. The average molecular weight is 225 g/mol. The molecule has 4 nitrogen and oxygen atoms in total. The van der Waals surface area contributed by atoms with Crippen LogP contribution in [-0.2, 0) is 19.1 Å². The molecular weight excluding hydrogens is 216 g/mol. The lowest BCUT2D eigenvalue weighted by molar-refractivity contribution is -0.144. The quantitative estimate of drug-likeness (QED) is 0.388. The third-order valence-corrected chi connectivity index (χ3v) is 1.49. The van der Waals surface area contributed by atoms with E-state index >= 15 is 0 Å². The highest BCUT2D eigenvalue weighted by atomic mass is 79.9. The van der Waals surface area contributed by atoms with Gasteiger partial charge in [0.2, 0.25) is 0 Å². The number of carbonyl (C=O) groups excluding carboxylic acids is 2. The smallest absolute Gasteiger partial charge is 0.323 e. The lowest BCUT2D eigenvalue weighted by Gasteiger charge is -2.06. The van der Waals surface area contributed by atoms with Gasteiger partial charge in [-0.1, -0.05) is 15.9 Å². The Kier molecular flexibility index (Phi) is 5.83. The van der Waals surface area contributed by atoms with Gasteiger partial charge in [0.25, 0.3) is 6.47 Å². The molecule has 0 heterocycles. The zero-order valence-corrected chi connectivity index (χ0v) is 7.67. The monoisotopic (exact) mass is 224 g/mol. The predicted molar refractivity (Wildman–Crippen MR) is 41.4 cm³/mol. The normalized spacial score (nSPS) is 11.8. The zero-order chi connectivity index (χ0) is 8.69. The first-order valence-corrected chi connectivity index (χ1v) is 3.99. The molecule has 5 heteroatoms. The van der Waals surface area contributed by atoms with Crippen molar-refractivity contribution in [2.45, 2.75) is 11.8 Å². The number of hydrogen-bond acceptors (Lipinski definition) is 4. The zero-order valence-electron chi connectivity index (χ0n) is 6.08. The molecule has 0 bridgehead atoms. The highest BCUT2D eigenvalue weighted by Crippen LogP contribution is 2.01. The van der Waals surface area contributed by atoms with Crippen LogP contribution < -0.4 is 0 Å². The highest BCUT2D eigenvalue weighted by molar-refractivity contribution is 9.10. The molecule has 1 unspecified atom stereocenters. The number of carbonyl (C=O) groups is 2. The molecule has 1 atom stereocenters. The molecule has 0 aromatic carbocycles. The van der Waals surface area contributed by atoms with E-state index in [0.717, 1.165) is 0 Å². The van der Waals surface area contributed by atoms with Crippen molar-refractivity contribution in [1.82, 2.24) is 0 Å². The second-order valence-electron chi connectivity index (χ2n) is 1.65. The van der Waals surface area contributed by atoms with E-state index in [1.807, 2.05) is 0 Å². The molecule has 0 saturated carbocycles. The van der Waals surface area contributed by atoms with Gasteiger partial charge in [0.15, 0.2) is 0 Å². The van der Waals surface area contributed by atoms with Crippen LogP contribution in [0, 0.1) is 0 Å². The minimum absolute atomic E-state index is 0.00231. The summed E-state index contributed by atoms with van der Waals surface area (Å²) in [6.45, 7) is 2.32. The fourth-order valence-electron chi connectivity index (χ4n) is 0.424. The third-order valence-electron chi connectivity index (χ3n) is 0.853. The maximum absolute atomic E-state index is 10.8. The summed E-state index contributed by atoms with van der Waals surface area (Å²) in [6, 6.07) is 0. The Morgan fingerprint density at radius 1 is 1.73 bits per heavy atom. The minimum atomic E-state index is -0.562. The Labute approximate surface area is 73.0 Å². The molecule has 0 aliphatic carbocycles. The Hall–Kier alpha value is -0.580. The van der Waals surface area contributed by atoms with Gasteiger partial charge < -0.3 is 9.47 Å². The topological polar surface area (TPSA) is 52.6 Å². The molecule has 11 heavy (non-hydrogen) atoms. The van der Waals surface area contributed by atoms with Crippen molar-refractivity contribution in [2.75, 3.05) is 13.2 Å². The molecule has 0 rings (SSSR count). The van der Waals surface area contributed by atoms with E-state index in [1.165, 1.54) is 0 Å². The summed E-state index contributed by atoms with van der Waals surface area (Å²) in [5, 5.41) is 0. The van der Waals surface area contributed by atoms with Gasteiger partial charge in [0.1, 0.15) is 11.4 Å². The second-order valence-corrected chi connectivity index (χ2v) is 2.75. The Morgan fingerprint density at radius 2 is 2.36 bits per heavy atom. The van der Waals surface area contributed by atoms with Crippen LogP contribution in [0.5, 0.6) is 0 Å². The first kappa shape index (κ1) is 10.4. The van der Waals surface area contributed by atoms with Gasteiger partial charge in [-0.2, -0.15) is 0 Å². The van der Waals surface area contributed by atoms with Crippen molar-refractivity contribution in [2.24, 2.45) is 0 Å². The maximum atomic E-state index is 10.8. The number of alkyl halides is 1. The summed E-state index contributed by atoms with van der Waals surface area (Å²) in [5.41, 5.74) is 0. The van der Waals surface area contributed by atoms with Crippen molar-refractivity contribution in [3.63, 3.8) is 0 Å². The van der Waals surface area contributed by atoms with Crippen molar-refractivity contribution in [3.8, 4) is 0 Å². The fraction of sp³-hybridized carbons (Fsp3) is 0.667. The van der Waals surface area contributed by atoms with E-state index in [0.29, 0.717) is 6.61 Å². The summed E-state index contributed by atoms with van der Waals surface area (Å²) in [6.07, 6.45) is 0. The molecule has 0 spiro atoms. The Morgan fingerprint density at radius 3 is 2.82 bits per heavy atom. The lowest BCUT2D eigenvalue weighted by Crippen LogP contribution is -2.22. The van der Waals surface area contributed by atoms with Crippen LogP contribution in [0.2, 0.25) is 0 Å². The van der Waals surface area contributed by atoms with Gasteiger partial charge in [-0.3, -0.25) is 9.59 Å². The number of halogens is 1. The van der Waals surface area contributed by atoms with Gasteiger partial charge in [-0.05, 0) is 6.92 Å². The third kappa shape index (κ3) is 4.78. The predicted octanol–water partition coefficient (Wildman–Crippen LogP) is 0.486. The van der Waals surface area contributed by atoms with E-state index in [4.69, 9.17) is 0 Å². The molecule has 0 amide bonds. The van der Waals surface area contributed by atoms with Gasteiger partial charge in [0.05, 0.1) is 6.61 Å². The summed E-state index contributed by atoms with van der Waals surface area (Å²) in [5.74, 6) is -0.422. The summed E-state index contributed by atoms with van der Waals surface area (Å²) < 4.78 is 8.95. The summed E-state index contributed by atoms with van der Waals surface area (Å²) in [7, 11) is 0. The summed E-state index contributed by atoms with van der Waals surface area (Å²) >= 11 is 2.99. The Balaban J connectivity index is 3.54. The van der Waals surface area contributed by atoms with Crippen LogP contribution in [0.25, 0.3) is 0 Å². The highest BCUT2D eigenvalue weighted by Gasteiger charge is 2.15. The van der Waals surface area contributed by atoms with Gasteiger partial charge >= 0.3 is 5.97 Å². The molecule has 0 radical (unpaired) electrons. The Bertz CT molecular complexity index is 137. The van der Waals surface area contributed by atoms with Crippen LogP contribution >= 0.6 is 15.9 Å². The van der Waals surface area contributed by atoms with Crippen molar-refractivity contribution < 1.29 is 19.1 Å². The van der Waals surface area contributed by atoms with Crippen molar-refractivity contribution >= 4 is 28.4 Å². The first-order chi connectivity index (χ1) is 5.22. The van der Waals surface area contributed by atoms with Crippen LogP contribution in [0.3, 0.4) is 0 Å². The van der Waals surface area contributed by atoms with Crippen LogP contribution in [-0.4, -0.2) is 30.5 Å². The molecule has 0 fully saturated rings. The summed E-state index contributed by atoms with van der Waals surface area (Å²) in [4.78, 5) is 19.9. The van der Waals surface area contributed by atoms with E-state index < -0.39 is 10.8 Å². The lowest BCUT2D eigenvalue weighted by atomic mass is 10.5. The second kappa shape index (κ2) is 6.15. The molecule has 0 saturated heterocycles. The SMILES string of the molecule is CCOC(=O)C(Br)COC=O. The fourth-order valence-corrected chi connectivity index (χ4v) is 0.709. The number of hydrogen-bond donors (Lipinski definition) is 0. The molecular formula is C6H9BrO4. The molecule has 0 aliphatic rings. The van der Waals surface area contributed by atoms with Crippen LogP contribution in [0.1, 0.15) is 6.92 Å². The number of ether oxygens (including phenoxy) is 2. The first-order valence-electron chi connectivity index (χ1n) is 3.08.